The minimum atomic E-state index is -0.764. The Labute approximate surface area is 412 Å². The lowest BCUT2D eigenvalue weighted by atomic mass is 9.99. The van der Waals surface area contributed by atoms with Crippen molar-refractivity contribution in [2.24, 2.45) is 17.8 Å². The SMILES string of the molecule is CCC(C)CCCCCCCCCCCCC(=O)O[C@@H](COC(=O)CCCCCCCCCCCCCCCCCCCCC(C)C)COC(=O)CCCCCCCCCCCCC(C)C. The van der Waals surface area contributed by atoms with Crippen LogP contribution < -0.4 is 0 Å². The van der Waals surface area contributed by atoms with E-state index in [9.17, 15) is 14.4 Å². The molecular weight excluding hydrogens is 817 g/mol. The topological polar surface area (TPSA) is 78.9 Å². The first-order valence-corrected chi connectivity index (χ1v) is 29.6. The van der Waals surface area contributed by atoms with Crippen molar-refractivity contribution < 1.29 is 28.6 Å². The molecular formula is C60H116O6. The van der Waals surface area contributed by atoms with Crippen molar-refractivity contribution in [3.8, 4) is 0 Å². The highest BCUT2D eigenvalue weighted by Crippen LogP contribution is 2.19. The first-order valence-electron chi connectivity index (χ1n) is 29.6. The van der Waals surface area contributed by atoms with E-state index in [1.165, 1.54) is 212 Å². The second-order valence-electron chi connectivity index (χ2n) is 21.8. The van der Waals surface area contributed by atoms with Gasteiger partial charge in [0.05, 0.1) is 0 Å². The molecule has 0 aromatic heterocycles. The first kappa shape index (κ1) is 64.4. The molecule has 0 saturated heterocycles. The van der Waals surface area contributed by atoms with Gasteiger partial charge in [-0.1, -0.05) is 292 Å². The molecule has 0 heterocycles. The van der Waals surface area contributed by atoms with Crippen molar-refractivity contribution in [3.05, 3.63) is 0 Å². The van der Waals surface area contributed by atoms with Crippen molar-refractivity contribution in [2.75, 3.05) is 13.2 Å². The molecule has 0 amide bonds. The molecule has 0 fully saturated rings. The molecule has 0 spiro atoms. The largest absolute Gasteiger partial charge is 0.462 e. The van der Waals surface area contributed by atoms with Crippen molar-refractivity contribution in [1.29, 1.82) is 0 Å². The Kier molecular flexibility index (Phi) is 50.0. The Bertz CT molecular complexity index is 1020. The molecule has 2 atom stereocenters. The molecule has 0 aliphatic rings. The van der Waals surface area contributed by atoms with E-state index in [0.29, 0.717) is 19.3 Å². The van der Waals surface area contributed by atoms with Crippen LogP contribution in [0.1, 0.15) is 330 Å². The van der Waals surface area contributed by atoms with Gasteiger partial charge in [-0.25, -0.2) is 0 Å². The van der Waals surface area contributed by atoms with E-state index in [1.54, 1.807) is 0 Å². The number of hydrogen-bond acceptors (Lipinski definition) is 6. The van der Waals surface area contributed by atoms with Crippen LogP contribution in [0.3, 0.4) is 0 Å². The molecule has 392 valence electrons. The van der Waals surface area contributed by atoms with E-state index in [1.807, 2.05) is 0 Å². The van der Waals surface area contributed by atoms with Crippen LogP contribution in [0.5, 0.6) is 0 Å². The van der Waals surface area contributed by atoms with Crippen LogP contribution in [0.4, 0.5) is 0 Å². The van der Waals surface area contributed by atoms with Gasteiger partial charge in [-0.2, -0.15) is 0 Å². The zero-order valence-electron chi connectivity index (χ0n) is 45.5. The average molecular weight is 934 g/mol. The number of esters is 3. The van der Waals surface area contributed by atoms with Crippen LogP contribution in [-0.2, 0) is 28.6 Å². The molecule has 0 rings (SSSR count). The highest BCUT2D eigenvalue weighted by Gasteiger charge is 2.19. The van der Waals surface area contributed by atoms with Crippen molar-refractivity contribution in [1.82, 2.24) is 0 Å². The molecule has 0 aromatic rings. The summed E-state index contributed by atoms with van der Waals surface area (Å²) >= 11 is 0. The lowest BCUT2D eigenvalue weighted by Crippen LogP contribution is -2.30. The van der Waals surface area contributed by atoms with E-state index >= 15 is 0 Å². The highest BCUT2D eigenvalue weighted by molar-refractivity contribution is 5.71. The molecule has 0 aliphatic heterocycles. The third kappa shape index (κ3) is 51.8. The smallest absolute Gasteiger partial charge is 0.306 e. The molecule has 1 unspecified atom stereocenters. The molecule has 0 bridgehead atoms. The Balaban J connectivity index is 4.25. The van der Waals surface area contributed by atoms with Gasteiger partial charge in [-0.15, -0.1) is 0 Å². The monoisotopic (exact) mass is 933 g/mol. The van der Waals surface area contributed by atoms with Crippen molar-refractivity contribution >= 4 is 17.9 Å². The summed E-state index contributed by atoms with van der Waals surface area (Å²) in [6.07, 6.45) is 53.8. The molecule has 0 aliphatic carbocycles. The number of rotatable bonds is 53. The fraction of sp³-hybridized carbons (Fsp3) is 0.950. The molecule has 6 heteroatoms. The van der Waals surface area contributed by atoms with E-state index in [2.05, 4.69) is 41.5 Å². The van der Waals surface area contributed by atoms with Crippen molar-refractivity contribution in [2.45, 2.75) is 337 Å². The Morgan fingerprint density at radius 1 is 0.303 bits per heavy atom. The number of unbranched alkanes of at least 4 members (excludes halogenated alkanes) is 35. The van der Waals surface area contributed by atoms with Crippen LogP contribution in [0, 0.1) is 17.8 Å². The zero-order chi connectivity index (χ0) is 48.4. The molecule has 66 heavy (non-hydrogen) atoms. The third-order valence-corrected chi connectivity index (χ3v) is 14.0. The van der Waals surface area contributed by atoms with Gasteiger partial charge < -0.3 is 14.2 Å². The standard InChI is InChI=1S/C60H116O6/c1-7-56(6)48-42-36-30-24-19-21-27-33-39-45-51-60(63)66-57(53-65-59(62)50-44-38-32-26-20-18-23-29-35-41-47-55(4)5)52-64-58(61)49-43-37-31-25-17-15-13-11-9-8-10-12-14-16-22-28-34-40-46-54(2)3/h54-57H,7-53H2,1-6H3/t56?,57-/m0/s1. The zero-order valence-corrected chi connectivity index (χ0v) is 45.5. The summed E-state index contributed by atoms with van der Waals surface area (Å²) in [7, 11) is 0. The second-order valence-corrected chi connectivity index (χ2v) is 21.8. The normalized spacial score (nSPS) is 12.5. The first-order chi connectivity index (χ1) is 32.1. The van der Waals surface area contributed by atoms with Gasteiger partial charge in [-0.3, -0.25) is 14.4 Å². The van der Waals surface area contributed by atoms with Gasteiger partial charge in [0.2, 0.25) is 0 Å². The maximum atomic E-state index is 12.8. The lowest BCUT2D eigenvalue weighted by Gasteiger charge is -2.18. The fourth-order valence-electron chi connectivity index (χ4n) is 9.14. The summed E-state index contributed by atoms with van der Waals surface area (Å²) in [5.74, 6) is 1.70. The number of carbonyl (C=O) groups is 3. The number of ether oxygens (including phenoxy) is 3. The summed E-state index contributed by atoms with van der Waals surface area (Å²) in [5, 5.41) is 0. The third-order valence-electron chi connectivity index (χ3n) is 14.0. The Morgan fingerprint density at radius 3 is 0.788 bits per heavy atom. The Hall–Kier alpha value is -1.59. The molecule has 0 saturated carbocycles. The maximum Gasteiger partial charge on any atom is 0.306 e. The van der Waals surface area contributed by atoms with Gasteiger partial charge in [0, 0.05) is 19.3 Å². The predicted molar refractivity (Wildman–Crippen MR) is 284 cm³/mol. The van der Waals surface area contributed by atoms with Crippen molar-refractivity contribution in [3.63, 3.8) is 0 Å². The van der Waals surface area contributed by atoms with Crippen LogP contribution in [-0.4, -0.2) is 37.2 Å². The molecule has 0 aromatic carbocycles. The minimum absolute atomic E-state index is 0.0636. The maximum absolute atomic E-state index is 12.8. The van der Waals surface area contributed by atoms with Crippen LogP contribution in [0.2, 0.25) is 0 Å². The van der Waals surface area contributed by atoms with Crippen LogP contribution in [0.15, 0.2) is 0 Å². The van der Waals surface area contributed by atoms with Gasteiger partial charge >= 0.3 is 17.9 Å². The number of hydrogen-bond donors (Lipinski definition) is 0. The Morgan fingerprint density at radius 2 is 0.530 bits per heavy atom. The van der Waals surface area contributed by atoms with Gasteiger partial charge in [0.15, 0.2) is 6.10 Å². The minimum Gasteiger partial charge on any atom is -0.462 e. The fourth-order valence-corrected chi connectivity index (χ4v) is 9.14. The molecule has 0 N–H and O–H groups in total. The summed E-state index contributed by atoms with van der Waals surface area (Å²) < 4.78 is 16.9. The van der Waals surface area contributed by atoms with Crippen LogP contribution in [0.25, 0.3) is 0 Å². The van der Waals surface area contributed by atoms with E-state index < -0.39 is 6.10 Å². The number of carbonyl (C=O) groups excluding carboxylic acids is 3. The van der Waals surface area contributed by atoms with E-state index in [4.69, 9.17) is 14.2 Å². The molecule has 0 radical (unpaired) electrons. The summed E-state index contributed by atoms with van der Waals surface area (Å²) in [6, 6.07) is 0. The van der Waals surface area contributed by atoms with Gasteiger partial charge in [-0.05, 0) is 37.0 Å². The highest BCUT2D eigenvalue weighted by atomic mass is 16.6. The predicted octanol–water partition coefficient (Wildman–Crippen LogP) is 19.5. The lowest BCUT2D eigenvalue weighted by molar-refractivity contribution is -0.167. The van der Waals surface area contributed by atoms with Gasteiger partial charge in [0.1, 0.15) is 13.2 Å². The average Bonchev–Trinajstić information content (AvgIpc) is 3.29. The molecule has 6 nitrogen and oxygen atoms in total. The summed E-state index contributed by atoms with van der Waals surface area (Å²) in [6.45, 7) is 13.8. The quantitative estimate of drug-likeness (QED) is 0.0343. The summed E-state index contributed by atoms with van der Waals surface area (Å²) in [4.78, 5) is 38.1. The van der Waals surface area contributed by atoms with Gasteiger partial charge in [0.25, 0.3) is 0 Å². The van der Waals surface area contributed by atoms with E-state index in [-0.39, 0.29) is 31.1 Å². The second kappa shape index (κ2) is 51.3. The van der Waals surface area contributed by atoms with E-state index in [0.717, 1.165) is 75.5 Å². The van der Waals surface area contributed by atoms with Crippen LogP contribution >= 0.6 is 0 Å². The summed E-state index contributed by atoms with van der Waals surface area (Å²) in [5.41, 5.74) is 0.